The van der Waals surface area contributed by atoms with Gasteiger partial charge in [-0.2, -0.15) is 0 Å². The van der Waals surface area contributed by atoms with Crippen molar-refractivity contribution in [2.75, 3.05) is 0 Å². The average Bonchev–Trinajstić information content (AvgIpc) is 2.93. The fraction of sp³-hybridized carbons (Fsp3) is 0. The highest BCUT2D eigenvalue weighted by Crippen LogP contribution is 2.38. The summed E-state index contributed by atoms with van der Waals surface area (Å²) in [7, 11) is 0. The predicted octanol–water partition coefficient (Wildman–Crippen LogP) is 5.03. The fourth-order valence-corrected chi connectivity index (χ4v) is 3.12. The van der Waals surface area contributed by atoms with Crippen LogP contribution in [0.5, 0.6) is 0 Å². The lowest BCUT2D eigenvalue weighted by Crippen LogP contribution is -1.79. The lowest BCUT2D eigenvalue weighted by Gasteiger charge is -2.04. The van der Waals surface area contributed by atoms with Gasteiger partial charge in [0.05, 0.1) is 4.88 Å². The molecule has 0 fully saturated rings. The summed E-state index contributed by atoms with van der Waals surface area (Å²) >= 11 is 1.42. The van der Waals surface area contributed by atoms with Crippen molar-refractivity contribution in [3.63, 3.8) is 0 Å². The zero-order valence-electron chi connectivity index (χ0n) is 10.5. The Labute approximate surface area is 120 Å². The fourth-order valence-electron chi connectivity index (χ4n) is 2.12. The Morgan fingerprint density at radius 3 is 2.25 bits per heavy atom. The van der Waals surface area contributed by atoms with Gasteiger partial charge in [0.25, 0.3) is 0 Å². The van der Waals surface area contributed by atoms with Crippen LogP contribution in [0.25, 0.3) is 21.6 Å². The first-order valence-electron chi connectivity index (χ1n) is 6.18. The SMILES string of the molecule is O=Cc1cc(-c2ccccc2)c(-c2ccc(F)cc2)s1. The van der Waals surface area contributed by atoms with Crippen molar-refractivity contribution in [2.24, 2.45) is 0 Å². The summed E-state index contributed by atoms with van der Waals surface area (Å²) in [4.78, 5) is 12.7. The van der Waals surface area contributed by atoms with E-state index in [0.29, 0.717) is 4.88 Å². The molecule has 0 aliphatic carbocycles. The van der Waals surface area contributed by atoms with E-state index < -0.39 is 0 Å². The Bertz CT molecular complexity index is 729. The number of carbonyl (C=O) groups excluding carboxylic acids is 1. The topological polar surface area (TPSA) is 17.1 Å². The Hall–Kier alpha value is -2.26. The van der Waals surface area contributed by atoms with Crippen molar-refractivity contribution < 1.29 is 9.18 Å². The number of hydrogen-bond acceptors (Lipinski definition) is 2. The molecule has 1 aromatic heterocycles. The van der Waals surface area contributed by atoms with Gasteiger partial charge in [-0.3, -0.25) is 4.79 Å². The summed E-state index contributed by atoms with van der Waals surface area (Å²) in [5.41, 5.74) is 2.98. The largest absolute Gasteiger partial charge is 0.297 e. The highest BCUT2D eigenvalue weighted by molar-refractivity contribution is 7.17. The van der Waals surface area contributed by atoms with E-state index in [0.717, 1.165) is 27.9 Å². The minimum atomic E-state index is -0.262. The van der Waals surface area contributed by atoms with Gasteiger partial charge in [0, 0.05) is 10.4 Å². The first kappa shape index (κ1) is 12.8. The number of carbonyl (C=O) groups is 1. The molecule has 3 aromatic rings. The molecule has 0 amide bonds. The molecule has 0 spiro atoms. The number of rotatable bonds is 3. The van der Waals surface area contributed by atoms with Crippen molar-refractivity contribution in [3.05, 3.63) is 71.4 Å². The van der Waals surface area contributed by atoms with Gasteiger partial charge >= 0.3 is 0 Å². The van der Waals surface area contributed by atoms with Crippen LogP contribution in [0.15, 0.2) is 60.7 Å². The Morgan fingerprint density at radius 2 is 1.60 bits per heavy atom. The molecule has 0 aliphatic rings. The third kappa shape index (κ3) is 2.40. The summed E-state index contributed by atoms with van der Waals surface area (Å²) in [6.45, 7) is 0. The molecule has 0 bridgehead atoms. The van der Waals surface area contributed by atoms with Crippen molar-refractivity contribution in [3.8, 4) is 21.6 Å². The summed E-state index contributed by atoms with van der Waals surface area (Å²) in [6, 6.07) is 18.1. The van der Waals surface area contributed by atoms with E-state index in [2.05, 4.69) is 0 Å². The molecule has 1 nitrogen and oxygen atoms in total. The molecule has 98 valence electrons. The quantitative estimate of drug-likeness (QED) is 0.615. The van der Waals surface area contributed by atoms with E-state index in [-0.39, 0.29) is 5.82 Å². The van der Waals surface area contributed by atoms with Crippen LogP contribution >= 0.6 is 11.3 Å². The molecule has 0 radical (unpaired) electrons. The van der Waals surface area contributed by atoms with Crippen molar-refractivity contribution in [1.29, 1.82) is 0 Å². The number of aldehydes is 1. The summed E-state index contributed by atoms with van der Waals surface area (Å²) in [5, 5.41) is 0. The molecule has 0 N–H and O–H groups in total. The third-order valence-corrected chi connectivity index (χ3v) is 4.17. The van der Waals surface area contributed by atoms with Crippen LogP contribution in [-0.4, -0.2) is 6.29 Å². The van der Waals surface area contributed by atoms with E-state index in [4.69, 9.17) is 0 Å². The number of hydrogen-bond donors (Lipinski definition) is 0. The molecule has 0 aliphatic heterocycles. The summed E-state index contributed by atoms with van der Waals surface area (Å²) < 4.78 is 13.0. The zero-order valence-corrected chi connectivity index (χ0v) is 11.4. The van der Waals surface area contributed by atoms with Crippen LogP contribution in [0.1, 0.15) is 9.67 Å². The van der Waals surface area contributed by atoms with E-state index >= 15 is 0 Å². The highest BCUT2D eigenvalue weighted by atomic mass is 32.1. The zero-order chi connectivity index (χ0) is 13.9. The lowest BCUT2D eigenvalue weighted by molar-refractivity contribution is 0.112. The maximum Gasteiger partial charge on any atom is 0.160 e. The van der Waals surface area contributed by atoms with E-state index in [9.17, 15) is 9.18 Å². The summed E-state index contributed by atoms with van der Waals surface area (Å²) in [6.07, 6.45) is 0.851. The highest BCUT2D eigenvalue weighted by Gasteiger charge is 2.12. The minimum absolute atomic E-state index is 0.262. The number of benzene rings is 2. The second-order valence-corrected chi connectivity index (χ2v) is 5.47. The summed E-state index contributed by atoms with van der Waals surface area (Å²) in [5.74, 6) is -0.262. The van der Waals surface area contributed by atoms with Crippen LogP contribution < -0.4 is 0 Å². The van der Waals surface area contributed by atoms with Crippen molar-refractivity contribution >= 4 is 17.6 Å². The normalized spacial score (nSPS) is 10.4. The van der Waals surface area contributed by atoms with Crippen LogP contribution in [0.4, 0.5) is 4.39 Å². The maximum absolute atomic E-state index is 13.0. The Kier molecular flexibility index (Phi) is 3.44. The van der Waals surface area contributed by atoms with Gasteiger partial charge in [-0.1, -0.05) is 42.5 Å². The van der Waals surface area contributed by atoms with Crippen LogP contribution in [-0.2, 0) is 0 Å². The lowest BCUT2D eigenvalue weighted by atomic mass is 10.0. The van der Waals surface area contributed by atoms with Gasteiger partial charge in [0.15, 0.2) is 6.29 Å². The molecule has 1 heterocycles. The monoisotopic (exact) mass is 282 g/mol. The minimum Gasteiger partial charge on any atom is -0.297 e. The number of halogens is 1. The smallest absolute Gasteiger partial charge is 0.160 e. The molecular formula is C17H11FOS. The van der Waals surface area contributed by atoms with E-state index in [1.165, 1.54) is 23.5 Å². The second kappa shape index (κ2) is 5.39. The van der Waals surface area contributed by atoms with Crippen LogP contribution in [0, 0.1) is 5.82 Å². The van der Waals surface area contributed by atoms with Gasteiger partial charge in [-0.05, 0) is 29.3 Å². The Morgan fingerprint density at radius 1 is 0.900 bits per heavy atom. The molecule has 2 aromatic carbocycles. The average molecular weight is 282 g/mol. The van der Waals surface area contributed by atoms with Crippen molar-refractivity contribution in [1.82, 2.24) is 0 Å². The van der Waals surface area contributed by atoms with Crippen molar-refractivity contribution in [2.45, 2.75) is 0 Å². The first-order chi connectivity index (χ1) is 9.78. The van der Waals surface area contributed by atoms with E-state index in [1.54, 1.807) is 12.1 Å². The molecule has 0 saturated heterocycles. The standard InChI is InChI=1S/C17H11FOS/c18-14-8-6-13(7-9-14)17-16(10-15(11-19)20-17)12-4-2-1-3-5-12/h1-11H. The molecule has 3 rings (SSSR count). The maximum atomic E-state index is 13.0. The van der Waals surface area contributed by atoms with Gasteiger partial charge < -0.3 is 0 Å². The molecule has 0 saturated carbocycles. The predicted molar refractivity (Wildman–Crippen MR) is 80.5 cm³/mol. The van der Waals surface area contributed by atoms with Crippen LogP contribution in [0.2, 0.25) is 0 Å². The number of thiophene rings is 1. The van der Waals surface area contributed by atoms with E-state index in [1.807, 2.05) is 36.4 Å². The third-order valence-electron chi connectivity index (χ3n) is 3.06. The molecule has 0 atom stereocenters. The molecule has 3 heteroatoms. The van der Waals surface area contributed by atoms with Gasteiger partial charge in [0.2, 0.25) is 0 Å². The molecular weight excluding hydrogens is 271 g/mol. The Balaban J connectivity index is 2.17. The van der Waals surface area contributed by atoms with Gasteiger partial charge in [0.1, 0.15) is 5.82 Å². The molecule has 20 heavy (non-hydrogen) atoms. The van der Waals surface area contributed by atoms with Gasteiger partial charge in [-0.25, -0.2) is 4.39 Å². The first-order valence-corrected chi connectivity index (χ1v) is 7.00. The molecule has 0 unspecified atom stereocenters. The second-order valence-electron chi connectivity index (χ2n) is 4.38. The van der Waals surface area contributed by atoms with Crippen LogP contribution in [0.3, 0.4) is 0 Å². The van der Waals surface area contributed by atoms with Gasteiger partial charge in [-0.15, -0.1) is 11.3 Å².